The lowest BCUT2D eigenvalue weighted by Gasteiger charge is -2.22. The molecule has 1 atom stereocenters. The molecule has 0 heterocycles. The number of hydrogen-bond donors (Lipinski definition) is 2. The lowest BCUT2D eigenvalue weighted by molar-refractivity contribution is 0.377. The second kappa shape index (κ2) is 6.76. The van der Waals surface area contributed by atoms with Gasteiger partial charge in [0, 0.05) is 0 Å². The highest BCUT2D eigenvalue weighted by Gasteiger charge is 2.22. The van der Waals surface area contributed by atoms with Crippen molar-refractivity contribution in [1.29, 1.82) is 0 Å². The molecule has 0 saturated carbocycles. The van der Waals surface area contributed by atoms with E-state index in [9.17, 15) is 4.39 Å². The van der Waals surface area contributed by atoms with Gasteiger partial charge in [0.1, 0.15) is 17.3 Å². The Morgan fingerprint density at radius 1 is 1.14 bits per heavy atom. The van der Waals surface area contributed by atoms with Gasteiger partial charge in [-0.2, -0.15) is 0 Å². The lowest BCUT2D eigenvalue weighted by Crippen LogP contribution is -2.29. The fourth-order valence-corrected chi connectivity index (χ4v) is 2.32. The van der Waals surface area contributed by atoms with Crippen LogP contribution in [-0.2, 0) is 0 Å². The third-order valence-electron chi connectivity index (χ3n) is 3.20. The van der Waals surface area contributed by atoms with E-state index in [2.05, 4.69) is 5.43 Å². The minimum Gasteiger partial charge on any atom is -0.496 e. The highest BCUT2D eigenvalue weighted by atomic mass is 35.5. The van der Waals surface area contributed by atoms with Gasteiger partial charge < -0.3 is 9.47 Å². The molecular formula is C15H16ClFN2O2. The molecule has 0 aliphatic rings. The molecule has 21 heavy (non-hydrogen) atoms. The summed E-state index contributed by atoms with van der Waals surface area (Å²) in [6.07, 6.45) is 0. The molecule has 0 radical (unpaired) electrons. The van der Waals surface area contributed by atoms with Gasteiger partial charge in [-0.05, 0) is 29.8 Å². The van der Waals surface area contributed by atoms with Crippen molar-refractivity contribution in [3.05, 3.63) is 58.4 Å². The van der Waals surface area contributed by atoms with Crippen molar-refractivity contribution in [3.63, 3.8) is 0 Å². The molecule has 0 spiro atoms. The summed E-state index contributed by atoms with van der Waals surface area (Å²) < 4.78 is 24.4. The Hall–Kier alpha value is -1.82. The van der Waals surface area contributed by atoms with Crippen LogP contribution in [0.2, 0.25) is 5.02 Å². The summed E-state index contributed by atoms with van der Waals surface area (Å²) in [7, 11) is 3.10. The molecule has 0 fully saturated rings. The number of nitrogens with one attached hydrogen (secondary N) is 1. The average Bonchev–Trinajstić information content (AvgIpc) is 2.51. The number of nitrogens with two attached hydrogens (primary N) is 1. The second-order valence-electron chi connectivity index (χ2n) is 4.35. The maximum atomic E-state index is 13.7. The smallest absolute Gasteiger partial charge is 0.142 e. The van der Waals surface area contributed by atoms with E-state index < -0.39 is 11.9 Å². The van der Waals surface area contributed by atoms with Crippen LogP contribution in [0.25, 0.3) is 0 Å². The Balaban J connectivity index is 2.57. The van der Waals surface area contributed by atoms with Crippen LogP contribution in [0, 0.1) is 5.82 Å². The summed E-state index contributed by atoms with van der Waals surface area (Å²) in [4.78, 5) is 0. The van der Waals surface area contributed by atoms with Crippen molar-refractivity contribution in [2.24, 2.45) is 5.84 Å². The predicted octanol–water partition coefficient (Wildman–Crippen LogP) is 3.05. The zero-order valence-electron chi connectivity index (χ0n) is 11.7. The molecule has 2 rings (SSSR count). The van der Waals surface area contributed by atoms with Crippen LogP contribution in [-0.4, -0.2) is 14.2 Å². The van der Waals surface area contributed by atoms with E-state index in [1.807, 2.05) is 0 Å². The van der Waals surface area contributed by atoms with Crippen LogP contribution in [0.4, 0.5) is 4.39 Å². The molecule has 4 nitrogen and oxygen atoms in total. The van der Waals surface area contributed by atoms with Crippen LogP contribution in [0.15, 0.2) is 36.4 Å². The van der Waals surface area contributed by atoms with Crippen LogP contribution in [0.5, 0.6) is 11.5 Å². The van der Waals surface area contributed by atoms with Gasteiger partial charge in [-0.3, -0.25) is 5.84 Å². The first-order valence-corrected chi connectivity index (χ1v) is 6.62. The fraction of sp³-hybridized carbons (Fsp3) is 0.200. The molecule has 3 N–H and O–H groups in total. The van der Waals surface area contributed by atoms with Crippen molar-refractivity contribution in [1.82, 2.24) is 5.43 Å². The fourth-order valence-electron chi connectivity index (χ4n) is 2.20. The molecule has 0 saturated heterocycles. The predicted molar refractivity (Wildman–Crippen MR) is 80.1 cm³/mol. The minimum atomic E-state index is -0.511. The van der Waals surface area contributed by atoms with Gasteiger partial charge >= 0.3 is 0 Å². The SMILES string of the molecule is COc1cccc(OC)c1C(NN)c1ccc(Cl)c(F)c1. The number of hydrazine groups is 1. The number of halogens is 2. The van der Waals surface area contributed by atoms with Gasteiger partial charge in [0.25, 0.3) is 0 Å². The summed E-state index contributed by atoms with van der Waals surface area (Å²) in [6.45, 7) is 0. The Labute approximate surface area is 127 Å². The molecule has 1 unspecified atom stereocenters. The van der Waals surface area contributed by atoms with E-state index in [1.54, 1.807) is 38.5 Å². The van der Waals surface area contributed by atoms with Gasteiger partial charge in [0.15, 0.2) is 0 Å². The summed E-state index contributed by atoms with van der Waals surface area (Å²) >= 11 is 5.72. The van der Waals surface area contributed by atoms with Gasteiger partial charge in [0.2, 0.25) is 0 Å². The molecule has 0 aliphatic carbocycles. The van der Waals surface area contributed by atoms with E-state index in [0.29, 0.717) is 22.6 Å². The summed E-state index contributed by atoms with van der Waals surface area (Å²) in [5.41, 5.74) is 3.96. The first kappa shape index (κ1) is 15.6. The van der Waals surface area contributed by atoms with Crippen molar-refractivity contribution >= 4 is 11.6 Å². The topological polar surface area (TPSA) is 56.5 Å². The highest BCUT2D eigenvalue weighted by molar-refractivity contribution is 6.30. The summed E-state index contributed by atoms with van der Waals surface area (Å²) in [6, 6.07) is 9.39. The zero-order chi connectivity index (χ0) is 15.4. The van der Waals surface area contributed by atoms with Crippen molar-refractivity contribution in [2.75, 3.05) is 14.2 Å². The van der Waals surface area contributed by atoms with E-state index >= 15 is 0 Å². The molecule has 6 heteroatoms. The normalized spacial score (nSPS) is 12.0. The molecule has 0 bridgehead atoms. The Morgan fingerprint density at radius 3 is 2.24 bits per heavy atom. The number of ether oxygens (including phenoxy) is 2. The van der Waals surface area contributed by atoms with E-state index in [-0.39, 0.29) is 5.02 Å². The van der Waals surface area contributed by atoms with Crippen LogP contribution in [0.1, 0.15) is 17.2 Å². The number of rotatable bonds is 5. The third-order valence-corrected chi connectivity index (χ3v) is 3.50. The van der Waals surface area contributed by atoms with Crippen LogP contribution >= 0.6 is 11.6 Å². The average molecular weight is 311 g/mol. The quantitative estimate of drug-likeness (QED) is 0.658. The Morgan fingerprint density at radius 2 is 1.76 bits per heavy atom. The molecule has 112 valence electrons. The molecule has 0 aliphatic heterocycles. The molecule has 0 amide bonds. The van der Waals surface area contributed by atoms with E-state index in [0.717, 1.165) is 0 Å². The number of methoxy groups -OCH3 is 2. The van der Waals surface area contributed by atoms with E-state index in [1.165, 1.54) is 12.1 Å². The van der Waals surface area contributed by atoms with Gasteiger partial charge in [-0.15, -0.1) is 0 Å². The standard InChI is InChI=1S/C15H16ClFN2O2/c1-20-12-4-3-5-13(21-2)14(12)15(19-18)9-6-7-10(16)11(17)8-9/h3-8,15,19H,18H2,1-2H3. The maximum absolute atomic E-state index is 13.7. The Bertz CT molecular complexity index is 615. The molecular weight excluding hydrogens is 295 g/mol. The maximum Gasteiger partial charge on any atom is 0.142 e. The van der Waals surface area contributed by atoms with Gasteiger partial charge in [-0.1, -0.05) is 23.7 Å². The lowest BCUT2D eigenvalue weighted by atomic mass is 9.97. The first-order valence-electron chi connectivity index (χ1n) is 6.24. The van der Waals surface area contributed by atoms with Crippen molar-refractivity contribution in [3.8, 4) is 11.5 Å². The molecule has 2 aromatic rings. The van der Waals surface area contributed by atoms with Crippen LogP contribution in [0.3, 0.4) is 0 Å². The first-order chi connectivity index (χ1) is 10.1. The molecule has 0 aromatic heterocycles. The summed E-state index contributed by atoms with van der Waals surface area (Å²) in [5, 5.41) is 0.0570. The number of benzene rings is 2. The third kappa shape index (κ3) is 3.10. The van der Waals surface area contributed by atoms with Crippen molar-refractivity contribution < 1.29 is 13.9 Å². The monoisotopic (exact) mass is 310 g/mol. The zero-order valence-corrected chi connectivity index (χ0v) is 12.4. The highest BCUT2D eigenvalue weighted by Crippen LogP contribution is 2.37. The second-order valence-corrected chi connectivity index (χ2v) is 4.76. The summed E-state index contributed by atoms with van der Waals surface area (Å²) in [5.74, 6) is 6.33. The van der Waals surface area contributed by atoms with Gasteiger partial charge in [-0.25, -0.2) is 9.82 Å². The number of hydrogen-bond acceptors (Lipinski definition) is 4. The van der Waals surface area contributed by atoms with Crippen molar-refractivity contribution in [2.45, 2.75) is 6.04 Å². The largest absolute Gasteiger partial charge is 0.496 e. The van der Waals surface area contributed by atoms with E-state index in [4.69, 9.17) is 26.9 Å². The van der Waals surface area contributed by atoms with Crippen LogP contribution < -0.4 is 20.7 Å². The Kier molecular flexibility index (Phi) is 5.01. The minimum absolute atomic E-state index is 0.0570. The van der Waals surface area contributed by atoms with Gasteiger partial charge in [0.05, 0.1) is 30.8 Å². The molecule has 2 aromatic carbocycles.